The Morgan fingerprint density at radius 1 is 1.13 bits per heavy atom. The fraction of sp³-hybridized carbons (Fsp3) is 0.450. The Bertz CT molecular complexity index is 702. The third-order valence-corrected chi connectivity index (χ3v) is 5.45. The lowest BCUT2D eigenvalue weighted by molar-refractivity contribution is -0.149. The minimum Gasteiger partial charge on any atom is -0.343 e. The highest BCUT2D eigenvalue weighted by Gasteiger charge is 2.50. The molecule has 3 rings (SSSR count). The molecular formula is C20H26N2O. The van der Waals surface area contributed by atoms with E-state index in [0.717, 1.165) is 37.9 Å². The molecule has 0 saturated heterocycles. The van der Waals surface area contributed by atoms with E-state index in [1.807, 2.05) is 30.9 Å². The number of carbonyl (C=O) groups is 1. The molecule has 1 aliphatic carbocycles. The van der Waals surface area contributed by atoms with Crippen LogP contribution in [0, 0.1) is 5.41 Å². The van der Waals surface area contributed by atoms with Gasteiger partial charge in [-0.05, 0) is 49.1 Å². The summed E-state index contributed by atoms with van der Waals surface area (Å²) in [5, 5.41) is 2.39. The Morgan fingerprint density at radius 3 is 2.35 bits per heavy atom. The molecule has 1 atom stereocenters. The summed E-state index contributed by atoms with van der Waals surface area (Å²) in [5.74, 6) is 0.231. The van der Waals surface area contributed by atoms with Crippen LogP contribution in [0.4, 0.5) is 0 Å². The van der Waals surface area contributed by atoms with Gasteiger partial charge in [0.05, 0.1) is 5.41 Å². The van der Waals surface area contributed by atoms with E-state index < -0.39 is 5.41 Å². The van der Waals surface area contributed by atoms with Crippen molar-refractivity contribution < 1.29 is 4.79 Å². The van der Waals surface area contributed by atoms with Crippen LogP contribution < -0.4 is 5.73 Å². The molecule has 2 aromatic carbocycles. The molecule has 1 fully saturated rings. The van der Waals surface area contributed by atoms with Crippen LogP contribution in [0.2, 0.25) is 0 Å². The van der Waals surface area contributed by atoms with Crippen LogP contribution in [0.25, 0.3) is 10.8 Å². The second-order valence-corrected chi connectivity index (χ2v) is 6.57. The predicted molar refractivity (Wildman–Crippen MR) is 95.1 cm³/mol. The molecule has 1 aliphatic rings. The number of hydrogen-bond donors (Lipinski definition) is 1. The Balaban J connectivity index is 1.95. The van der Waals surface area contributed by atoms with Crippen LogP contribution in [0.5, 0.6) is 0 Å². The van der Waals surface area contributed by atoms with E-state index in [1.54, 1.807) is 0 Å². The molecule has 23 heavy (non-hydrogen) atoms. The highest BCUT2D eigenvalue weighted by Crippen LogP contribution is 2.50. The molecule has 0 bridgehead atoms. The van der Waals surface area contributed by atoms with Gasteiger partial charge in [0.15, 0.2) is 0 Å². The van der Waals surface area contributed by atoms with E-state index >= 15 is 0 Å². The molecule has 2 aromatic rings. The van der Waals surface area contributed by atoms with Crippen molar-refractivity contribution in [1.82, 2.24) is 4.90 Å². The van der Waals surface area contributed by atoms with Crippen LogP contribution in [0.1, 0.15) is 44.7 Å². The Kier molecular flexibility index (Phi) is 4.40. The average molecular weight is 310 g/mol. The van der Waals surface area contributed by atoms with E-state index in [2.05, 4.69) is 30.3 Å². The molecule has 3 heteroatoms. The van der Waals surface area contributed by atoms with Gasteiger partial charge in [0.2, 0.25) is 5.91 Å². The maximum absolute atomic E-state index is 13.0. The maximum atomic E-state index is 13.0. The van der Waals surface area contributed by atoms with Crippen LogP contribution >= 0.6 is 0 Å². The lowest BCUT2D eigenvalue weighted by Crippen LogP contribution is -2.53. The number of nitrogens with two attached hydrogens (primary N) is 1. The molecule has 1 saturated carbocycles. The van der Waals surface area contributed by atoms with Gasteiger partial charge in [-0.25, -0.2) is 0 Å². The van der Waals surface area contributed by atoms with E-state index in [4.69, 9.17) is 5.73 Å². The first-order chi connectivity index (χ1) is 11.1. The summed E-state index contributed by atoms with van der Waals surface area (Å²) in [5.41, 5.74) is 7.29. The minimum absolute atomic E-state index is 0.228. The summed E-state index contributed by atoms with van der Waals surface area (Å²) >= 11 is 0. The standard InChI is InChI=1S/C20H26N2O/c1-3-22(4-2)19(23)20(12-7-13-20)18(21)17-11-10-15-8-5-6-9-16(15)14-17/h5-6,8-11,14,18H,3-4,7,12-13,21H2,1-2H3. The SMILES string of the molecule is CCN(CC)C(=O)C1(C(N)c2ccc3ccccc3c2)CCC1. The summed E-state index contributed by atoms with van der Waals surface area (Å²) in [4.78, 5) is 15.0. The summed E-state index contributed by atoms with van der Waals surface area (Å²) in [7, 11) is 0. The summed E-state index contributed by atoms with van der Waals surface area (Å²) in [6.45, 7) is 5.58. The van der Waals surface area contributed by atoms with Crippen molar-refractivity contribution in [3.05, 3.63) is 48.0 Å². The van der Waals surface area contributed by atoms with Gasteiger partial charge < -0.3 is 10.6 Å². The average Bonchev–Trinajstić information content (AvgIpc) is 2.54. The first-order valence-corrected chi connectivity index (χ1v) is 8.66. The maximum Gasteiger partial charge on any atom is 0.230 e. The fourth-order valence-corrected chi connectivity index (χ4v) is 3.76. The number of fused-ring (bicyclic) bond motifs is 1. The third-order valence-electron chi connectivity index (χ3n) is 5.45. The van der Waals surface area contributed by atoms with E-state index in [0.29, 0.717) is 0 Å². The van der Waals surface area contributed by atoms with Crippen molar-refractivity contribution in [2.24, 2.45) is 11.1 Å². The van der Waals surface area contributed by atoms with Gasteiger partial charge in [-0.15, -0.1) is 0 Å². The highest BCUT2D eigenvalue weighted by atomic mass is 16.2. The smallest absolute Gasteiger partial charge is 0.230 e. The molecule has 0 aliphatic heterocycles. The number of rotatable bonds is 5. The Hall–Kier alpha value is -1.87. The van der Waals surface area contributed by atoms with Crippen molar-refractivity contribution in [2.75, 3.05) is 13.1 Å². The largest absolute Gasteiger partial charge is 0.343 e. The second kappa shape index (κ2) is 6.32. The van der Waals surface area contributed by atoms with Gasteiger partial charge in [0.25, 0.3) is 0 Å². The van der Waals surface area contributed by atoms with Gasteiger partial charge >= 0.3 is 0 Å². The van der Waals surface area contributed by atoms with Gasteiger partial charge in [-0.3, -0.25) is 4.79 Å². The zero-order valence-electron chi connectivity index (χ0n) is 14.1. The zero-order valence-corrected chi connectivity index (χ0v) is 14.1. The van der Waals surface area contributed by atoms with E-state index in [9.17, 15) is 4.79 Å². The first kappa shape index (κ1) is 16.0. The van der Waals surface area contributed by atoms with Crippen molar-refractivity contribution >= 4 is 16.7 Å². The van der Waals surface area contributed by atoms with Crippen molar-refractivity contribution in [2.45, 2.75) is 39.2 Å². The van der Waals surface area contributed by atoms with Gasteiger partial charge in [0.1, 0.15) is 0 Å². The second-order valence-electron chi connectivity index (χ2n) is 6.57. The normalized spacial score (nSPS) is 17.5. The van der Waals surface area contributed by atoms with Crippen LogP contribution in [-0.2, 0) is 4.79 Å². The Labute approximate surface area is 138 Å². The van der Waals surface area contributed by atoms with E-state index in [-0.39, 0.29) is 11.9 Å². The summed E-state index contributed by atoms with van der Waals surface area (Å²) < 4.78 is 0. The van der Waals surface area contributed by atoms with Crippen LogP contribution in [0.3, 0.4) is 0 Å². The lowest BCUT2D eigenvalue weighted by atomic mass is 9.61. The van der Waals surface area contributed by atoms with Gasteiger partial charge in [-0.1, -0.05) is 42.8 Å². The van der Waals surface area contributed by atoms with Gasteiger partial charge in [-0.2, -0.15) is 0 Å². The molecule has 122 valence electrons. The zero-order chi connectivity index (χ0) is 16.4. The third kappa shape index (κ3) is 2.63. The molecule has 3 nitrogen and oxygen atoms in total. The summed E-state index contributed by atoms with van der Waals surface area (Å²) in [6.07, 6.45) is 2.89. The number of hydrogen-bond acceptors (Lipinski definition) is 2. The molecule has 1 amide bonds. The number of benzene rings is 2. The first-order valence-electron chi connectivity index (χ1n) is 8.66. The molecule has 0 spiro atoms. The topological polar surface area (TPSA) is 46.3 Å². The number of nitrogens with zero attached hydrogens (tertiary/aromatic N) is 1. The monoisotopic (exact) mass is 310 g/mol. The minimum atomic E-state index is -0.408. The predicted octanol–water partition coefficient (Wildman–Crippen LogP) is 3.88. The number of amides is 1. The van der Waals surface area contributed by atoms with Crippen molar-refractivity contribution in [1.29, 1.82) is 0 Å². The lowest BCUT2D eigenvalue weighted by Gasteiger charge is -2.47. The molecule has 0 heterocycles. The summed E-state index contributed by atoms with van der Waals surface area (Å²) in [6, 6.07) is 14.4. The van der Waals surface area contributed by atoms with Crippen LogP contribution in [0.15, 0.2) is 42.5 Å². The molecule has 0 radical (unpaired) electrons. The highest BCUT2D eigenvalue weighted by molar-refractivity contribution is 5.86. The quantitative estimate of drug-likeness (QED) is 0.911. The van der Waals surface area contributed by atoms with Crippen molar-refractivity contribution in [3.8, 4) is 0 Å². The van der Waals surface area contributed by atoms with Gasteiger partial charge in [0, 0.05) is 19.1 Å². The van der Waals surface area contributed by atoms with Crippen LogP contribution in [-0.4, -0.2) is 23.9 Å². The van der Waals surface area contributed by atoms with Crippen molar-refractivity contribution in [3.63, 3.8) is 0 Å². The molecule has 0 aromatic heterocycles. The molecule has 2 N–H and O–H groups in total. The molecule has 1 unspecified atom stereocenters. The Morgan fingerprint density at radius 2 is 1.78 bits per heavy atom. The molecular weight excluding hydrogens is 284 g/mol. The fourth-order valence-electron chi connectivity index (χ4n) is 3.76. The van der Waals surface area contributed by atoms with E-state index in [1.165, 1.54) is 10.8 Å². The number of carbonyl (C=O) groups excluding carboxylic acids is 1.